The van der Waals surface area contributed by atoms with Gasteiger partial charge in [-0.15, -0.1) is 0 Å². The van der Waals surface area contributed by atoms with Gasteiger partial charge in [-0.2, -0.15) is 4.72 Å². The number of nitrogens with zero attached hydrogens (tertiary/aromatic N) is 1. The van der Waals surface area contributed by atoms with Gasteiger partial charge in [-0.25, -0.2) is 13.4 Å². The Morgan fingerprint density at radius 1 is 1.13 bits per heavy atom. The highest BCUT2D eigenvalue weighted by Gasteiger charge is 2.37. The van der Waals surface area contributed by atoms with Crippen molar-refractivity contribution >= 4 is 27.1 Å². The van der Waals surface area contributed by atoms with Gasteiger partial charge in [0.1, 0.15) is 27.9 Å². The van der Waals surface area contributed by atoms with E-state index in [1.54, 1.807) is 31.2 Å². The lowest BCUT2D eigenvalue weighted by molar-refractivity contribution is -0.118. The summed E-state index contributed by atoms with van der Waals surface area (Å²) in [7, 11) is -3.03. The molecule has 0 radical (unpaired) electrons. The number of aromatic nitrogens is 1. The highest BCUT2D eigenvalue weighted by Crippen LogP contribution is 2.44. The van der Waals surface area contributed by atoms with E-state index in [1.165, 1.54) is 6.26 Å². The van der Waals surface area contributed by atoms with E-state index in [2.05, 4.69) is 9.71 Å². The normalized spacial score (nSPS) is 20.2. The lowest BCUT2D eigenvalue weighted by atomic mass is 10.1. The van der Waals surface area contributed by atoms with Gasteiger partial charge in [0.05, 0.1) is 35.8 Å². The summed E-state index contributed by atoms with van der Waals surface area (Å²) in [6.07, 6.45) is 1.44. The first-order chi connectivity index (χ1) is 18.7. The summed E-state index contributed by atoms with van der Waals surface area (Å²) < 4.78 is 60.8. The molecule has 2 aromatic carbocycles. The fourth-order valence-corrected chi connectivity index (χ4v) is 6.13. The van der Waals surface area contributed by atoms with Crippen LogP contribution in [0.4, 0.5) is 0 Å². The van der Waals surface area contributed by atoms with E-state index in [9.17, 15) is 17.8 Å². The second-order valence-electron chi connectivity index (χ2n) is 9.34. The highest BCUT2D eigenvalue weighted by atomic mass is 32.2. The Morgan fingerprint density at radius 2 is 1.92 bits per heavy atom. The van der Waals surface area contributed by atoms with E-state index in [0.717, 1.165) is 11.1 Å². The van der Waals surface area contributed by atoms with Crippen molar-refractivity contribution in [3.63, 3.8) is 0 Å². The van der Waals surface area contributed by atoms with Gasteiger partial charge in [0.25, 0.3) is 5.91 Å². The molecule has 1 N–H and O–H groups in total. The summed E-state index contributed by atoms with van der Waals surface area (Å²) in [5.41, 5.74) is 2.27. The molecule has 1 saturated heterocycles. The van der Waals surface area contributed by atoms with Crippen LogP contribution >= 0.6 is 0 Å². The van der Waals surface area contributed by atoms with Crippen LogP contribution < -0.4 is 23.7 Å². The molecule has 0 aliphatic carbocycles. The van der Waals surface area contributed by atoms with Crippen molar-refractivity contribution in [3.8, 4) is 28.9 Å². The summed E-state index contributed by atoms with van der Waals surface area (Å²) >= 11 is -1.42. The van der Waals surface area contributed by atoms with Crippen LogP contribution in [0.1, 0.15) is 41.0 Å². The summed E-state index contributed by atoms with van der Waals surface area (Å²) in [4.78, 5) is 15.9. The second kappa shape index (κ2) is 11.3. The number of nitrogens with one attached hydrogen (secondary N) is 1. The number of hydrogen-bond acceptors (Lipinski definition) is 9. The van der Waals surface area contributed by atoms with Crippen molar-refractivity contribution in [1.29, 1.82) is 0 Å². The number of para-hydroxylation sites is 1. The van der Waals surface area contributed by atoms with Crippen molar-refractivity contribution in [1.82, 2.24) is 9.71 Å². The Balaban J connectivity index is 1.22. The smallest absolute Gasteiger partial charge is 0.266 e. The monoisotopic (exact) mass is 572 g/mol. The maximum absolute atomic E-state index is 12.1. The van der Waals surface area contributed by atoms with Crippen molar-refractivity contribution in [2.75, 3.05) is 25.2 Å². The van der Waals surface area contributed by atoms with Gasteiger partial charge in [0, 0.05) is 23.4 Å². The number of amides is 1. The number of benzene rings is 2. The van der Waals surface area contributed by atoms with Crippen LogP contribution in [0.3, 0.4) is 0 Å². The number of sulfone groups is 1. The molecule has 1 fully saturated rings. The van der Waals surface area contributed by atoms with Crippen molar-refractivity contribution < 1.29 is 36.7 Å². The molecule has 2 unspecified atom stereocenters. The maximum Gasteiger partial charge on any atom is 0.266 e. The SMILES string of the molecule is Cc1nc(OCCCS(C)(=O)=O)ccc1Oc1cccc2c1OC[C@H]2Oc1ccc(C2CC(=O)N[S+]2[O-])cc1. The average molecular weight is 573 g/mol. The number of fused-ring (bicyclic) bond motifs is 1. The van der Waals surface area contributed by atoms with Gasteiger partial charge < -0.3 is 23.5 Å². The van der Waals surface area contributed by atoms with E-state index >= 15 is 0 Å². The van der Waals surface area contributed by atoms with E-state index < -0.39 is 21.2 Å². The topological polar surface area (TPSA) is 136 Å². The molecule has 3 atom stereocenters. The minimum absolute atomic E-state index is 0.0603. The lowest BCUT2D eigenvalue weighted by Gasteiger charge is -2.15. The largest absolute Gasteiger partial charge is 0.593 e. The molecule has 5 rings (SSSR count). The highest BCUT2D eigenvalue weighted by molar-refractivity contribution is 7.91. The fraction of sp³-hybridized carbons (Fsp3) is 0.333. The molecule has 2 aliphatic heterocycles. The molecule has 0 bridgehead atoms. The molecular weight excluding hydrogens is 544 g/mol. The standard InChI is InChI=1S/C27H28N2O8S2/c1-17-21(11-12-26(28-17)34-13-4-14-39(2,32)33)37-22-6-3-5-20-23(16-35-27(20)22)36-19-9-7-18(8-10-19)24-15-25(30)29-38(24)31/h3,5-12,23-24H,4,13-16H2,1-2H3,(H,29,30)/t23-,24?,38?/m1/s1. The van der Waals surface area contributed by atoms with E-state index in [1.807, 2.05) is 30.3 Å². The first-order valence-electron chi connectivity index (χ1n) is 12.3. The van der Waals surface area contributed by atoms with Crippen molar-refractivity contribution in [3.05, 3.63) is 71.4 Å². The molecule has 1 amide bonds. The third-order valence-electron chi connectivity index (χ3n) is 6.25. The third-order valence-corrected chi connectivity index (χ3v) is 8.67. The predicted octanol–water partition coefficient (Wildman–Crippen LogP) is 3.73. The van der Waals surface area contributed by atoms with Crippen LogP contribution in [0.15, 0.2) is 54.6 Å². The molecule has 3 heterocycles. The molecule has 10 nitrogen and oxygen atoms in total. The molecule has 39 heavy (non-hydrogen) atoms. The number of hydrogen-bond donors (Lipinski definition) is 1. The number of aryl methyl sites for hydroxylation is 1. The number of rotatable bonds is 10. The van der Waals surface area contributed by atoms with Crippen LogP contribution in [-0.2, 0) is 26.0 Å². The van der Waals surface area contributed by atoms with Crippen LogP contribution in [0.2, 0.25) is 0 Å². The van der Waals surface area contributed by atoms with Gasteiger partial charge in [-0.05, 0) is 37.6 Å². The van der Waals surface area contributed by atoms with Gasteiger partial charge >= 0.3 is 0 Å². The summed E-state index contributed by atoms with van der Waals surface area (Å²) in [5, 5.41) is -0.361. The van der Waals surface area contributed by atoms with Gasteiger partial charge in [-0.1, -0.05) is 24.3 Å². The zero-order valence-corrected chi connectivity index (χ0v) is 23.0. The van der Waals surface area contributed by atoms with E-state index in [0.29, 0.717) is 47.6 Å². The quantitative estimate of drug-likeness (QED) is 0.285. The van der Waals surface area contributed by atoms with Crippen LogP contribution in [0.5, 0.6) is 28.9 Å². The van der Waals surface area contributed by atoms with Crippen molar-refractivity contribution in [2.45, 2.75) is 31.1 Å². The van der Waals surface area contributed by atoms with E-state index in [4.69, 9.17) is 18.9 Å². The van der Waals surface area contributed by atoms with Crippen LogP contribution in [0, 0.1) is 6.92 Å². The van der Waals surface area contributed by atoms with Gasteiger partial charge in [-0.3, -0.25) is 4.79 Å². The van der Waals surface area contributed by atoms with Crippen molar-refractivity contribution in [2.24, 2.45) is 0 Å². The molecule has 2 aliphatic rings. The first kappa shape index (κ1) is 27.1. The fourth-order valence-electron chi connectivity index (χ4n) is 4.33. The summed E-state index contributed by atoms with van der Waals surface area (Å²) in [6, 6.07) is 16.3. The second-order valence-corrected chi connectivity index (χ2v) is 13.0. The van der Waals surface area contributed by atoms with Gasteiger partial charge in [0.15, 0.2) is 22.9 Å². The molecular formula is C27H28N2O8S2. The summed E-state index contributed by atoms with van der Waals surface area (Å²) in [5.74, 6) is 2.52. The zero-order chi connectivity index (χ0) is 27.6. The maximum atomic E-state index is 12.1. The number of pyridine rings is 1. The number of carbonyl (C=O) groups excluding carboxylic acids is 1. The molecule has 1 aromatic heterocycles. The Labute approximate surface area is 229 Å². The molecule has 206 valence electrons. The zero-order valence-electron chi connectivity index (χ0n) is 21.4. The average Bonchev–Trinajstić information content (AvgIpc) is 3.46. The van der Waals surface area contributed by atoms with Crippen LogP contribution in [-0.4, -0.2) is 49.1 Å². The van der Waals surface area contributed by atoms with Crippen LogP contribution in [0.25, 0.3) is 0 Å². The Morgan fingerprint density at radius 3 is 2.62 bits per heavy atom. The minimum Gasteiger partial charge on any atom is -0.593 e. The minimum atomic E-state index is -3.03. The molecule has 3 aromatic rings. The van der Waals surface area contributed by atoms with E-state index in [-0.39, 0.29) is 36.0 Å². The third kappa shape index (κ3) is 6.57. The van der Waals surface area contributed by atoms with Gasteiger partial charge in [0.2, 0.25) is 5.88 Å². The number of carbonyl (C=O) groups is 1. The number of ether oxygens (including phenoxy) is 4. The first-order valence-corrected chi connectivity index (χ1v) is 15.6. The lowest BCUT2D eigenvalue weighted by Crippen LogP contribution is -2.21. The molecule has 12 heteroatoms. The summed E-state index contributed by atoms with van der Waals surface area (Å²) in [6.45, 7) is 2.35. The molecule has 0 saturated carbocycles. The Kier molecular flexibility index (Phi) is 7.87. The Hall–Kier alpha value is -3.48. The predicted molar refractivity (Wildman–Crippen MR) is 144 cm³/mol. The Bertz CT molecular complexity index is 1460. The molecule has 0 spiro atoms.